The molecule has 1 aliphatic rings. The van der Waals surface area contributed by atoms with E-state index in [0.717, 1.165) is 42.8 Å². The first-order chi connectivity index (χ1) is 14.1. The zero-order valence-electron chi connectivity index (χ0n) is 16.5. The Labute approximate surface area is 170 Å². The number of aromatic nitrogens is 2. The van der Waals surface area contributed by atoms with Crippen molar-refractivity contribution in [3.8, 4) is 5.69 Å². The molecule has 0 saturated carbocycles. The number of nitrogens with one attached hydrogen (secondary N) is 1. The fourth-order valence-corrected chi connectivity index (χ4v) is 4.56. The molecular weight excluding hydrogens is 361 g/mol. The predicted molar refractivity (Wildman–Crippen MR) is 115 cm³/mol. The minimum absolute atomic E-state index is 0.0554. The van der Waals surface area contributed by atoms with Crippen LogP contribution in [-0.4, -0.2) is 22.9 Å². The molecule has 1 aromatic heterocycles. The van der Waals surface area contributed by atoms with Gasteiger partial charge in [0.2, 0.25) is 0 Å². The highest BCUT2D eigenvalue weighted by molar-refractivity contribution is 5.85. The number of benzene rings is 3. The number of nitrogens with zero attached hydrogens (tertiary/aromatic N) is 2. The molecule has 1 atom stereocenters. The monoisotopic (exact) mass is 385 g/mol. The Balaban J connectivity index is 1.70. The van der Waals surface area contributed by atoms with E-state index in [-0.39, 0.29) is 11.2 Å². The molecule has 0 aliphatic carbocycles. The summed E-state index contributed by atoms with van der Waals surface area (Å²) in [6.07, 6.45) is 2.00. The van der Waals surface area contributed by atoms with E-state index in [1.54, 1.807) is 12.1 Å². The lowest BCUT2D eigenvalue weighted by atomic mass is 9.77. The van der Waals surface area contributed by atoms with Gasteiger partial charge in [0, 0.05) is 17.3 Å². The first-order valence-corrected chi connectivity index (χ1v) is 10.2. The fourth-order valence-electron chi connectivity index (χ4n) is 4.56. The molecule has 4 heteroatoms. The van der Waals surface area contributed by atoms with Crippen LogP contribution in [0.1, 0.15) is 23.2 Å². The van der Waals surface area contributed by atoms with Crippen molar-refractivity contribution >= 4 is 10.9 Å². The lowest BCUT2D eigenvalue weighted by Gasteiger charge is -2.27. The summed E-state index contributed by atoms with van der Waals surface area (Å²) < 4.78 is 15.5. The lowest BCUT2D eigenvalue weighted by Crippen LogP contribution is -2.32. The van der Waals surface area contributed by atoms with E-state index in [1.807, 2.05) is 4.68 Å². The molecule has 0 spiro atoms. The fraction of sp³-hybridized carbons (Fsp3) is 0.240. The molecule has 29 heavy (non-hydrogen) atoms. The highest BCUT2D eigenvalue weighted by atomic mass is 19.1. The van der Waals surface area contributed by atoms with Crippen molar-refractivity contribution in [2.45, 2.75) is 25.2 Å². The minimum Gasteiger partial charge on any atom is -0.316 e. The molecule has 3 nitrogen and oxygen atoms in total. The third kappa shape index (κ3) is 3.23. The van der Waals surface area contributed by atoms with Crippen LogP contribution >= 0.6 is 0 Å². The second-order valence-corrected chi connectivity index (χ2v) is 8.13. The summed E-state index contributed by atoms with van der Waals surface area (Å²) in [4.78, 5) is 0. The van der Waals surface area contributed by atoms with Gasteiger partial charge in [0.05, 0.1) is 16.9 Å². The molecular formula is C25H24FN3. The largest absolute Gasteiger partial charge is 0.316 e. The number of hydrogen-bond donors (Lipinski definition) is 1. The first-order valence-electron chi connectivity index (χ1n) is 10.2. The van der Waals surface area contributed by atoms with Gasteiger partial charge >= 0.3 is 0 Å². The summed E-state index contributed by atoms with van der Waals surface area (Å²) in [7, 11) is 0. The van der Waals surface area contributed by atoms with Crippen molar-refractivity contribution in [2.75, 3.05) is 13.1 Å². The van der Waals surface area contributed by atoms with Gasteiger partial charge in [-0.3, -0.25) is 0 Å². The number of aryl methyl sites for hydroxylation is 1. The Morgan fingerprint density at radius 3 is 2.55 bits per heavy atom. The Hall–Kier alpha value is -2.98. The third-order valence-corrected chi connectivity index (χ3v) is 6.04. The zero-order valence-corrected chi connectivity index (χ0v) is 16.5. The van der Waals surface area contributed by atoms with Crippen molar-refractivity contribution < 1.29 is 4.39 Å². The van der Waals surface area contributed by atoms with Crippen LogP contribution in [0.3, 0.4) is 0 Å². The summed E-state index contributed by atoms with van der Waals surface area (Å²) in [5, 5.41) is 9.88. The predicted octanol–water partition coefficient (Wildman–Crippen LogP) is 4.95. The van der Waals surface area contributed by atoms with E-state index >= 15 is 0 Å². The summed E-state index contributed by atoms with van der Waals surface area (Å²) in [6, 6.07) is 23.8. The van der Waals surface area contributed by atoms with Crippen molar-refractivity contribution in [1.29, 1.82) is 0 Å². The van der Waals surface area contributed by atoms with Crippen molar-refractivity contribution in [3.63, 3.8) is 0 Å². The highest BCUT2D eigenvalue weighted by Gasteiger charge is 2.39. The summed E-state index contributed by atoms with van der Waals surface area (Å²) in [5.41, 5.74) is 5.55. The van der Waals surface area contributed by atoms with Crippen molar-refractivity contribution in [3.05, 3.63) is 95.4 Å². The Morgan fingerprint density at radius 2 is 1.83 bits per heavy atom. The molecule has 1 unspecified atom stereocenters. The minimum atomic E-state index is -0.234. The Bertz CT molecular complexity index is 1140. The van der Waals surface area contributed by atoms with Gasteiger partial charge in [-0.25, -0.2) is 9.07 Å². The second kappa shape index (κ2) is 7.12. The molecule has 0 radical (unpaired) electrons. The zero-order chi connectivity index (χ0) is 19.8. The Morgan fingerprint density at radius 1 is 1.03 bits per heavy atom. The summed E-state index contributed by atoms with van der Waals surface area (Å²) >= 11 is 0. The van der Waals surface area contributed by atoms with Crippen LogP contribution in [0.5, 0.6) is 0 Å². The van der Waals surface area contributed by atoms with E-state index in [2.05, 4.69) is 60.8 Å². The van der Waals surface area contributed by atoms with Crippen LogP contribution in [0, 0.1) is 12.7 Å². The molecule has 146 valence electrons. The lowest BCUT2D eigenvalue weighted by molar-refractivity contribution is 0.453. The summed E-state index contributed by atoms with van der Waals surface area (Å²) in [6.45, 7) is 3.99. The van der Waals surface area contributed by atoms with E-state index in [4.69, 9.17) is 5.10 Å². The summed E-state index contributed by atoms with van der Waals surface area (Å²) in [5.74, 6) is -0.234. The maximum Gasteiger partial charge on any atom is 0.123 e. The molecule has 1 aliphatic heterocycles. The molecule has 0 bridgehead atoms. The van der Waals surface area contributed by atoms with Crippen LogP contribution in [0.15, 0.2) is 72.8 Å². The maximum atomic E-state index is 13.5. The van der Waals surface area contributed by atoms with E-state index in [1.165, 1.54) is 28.6 Å². The standard InChI is InChI=1S/C25H24FN3/c1-18-7-12-22-23(15-18)29(21-10-8-20(26)9-11-21)28-24(22)25(13-14-27-17-25)16-19-5-3-2-4-6-19/h2-12,15,27H,13-14,16-17H2,1H3. The average Bonchev–Trinajstić information content (AvgIpc) is 3.35. The van der Waals surface area contributed by atoms with Crippen molar-refractivity contribution in [2.24, 2.45) is 0 Å². The first kappa shape index (κ1) is 18.1. The smallest absolute Gasteiger partial charge is 0.123 e. The van der Waals surface area contributed by atoms with E-state index in [0.29, 0.717) is 0 Å². The SMILES string of the molecule is Cc1ccc2c(C3(Cc4ccccc4)CCNC3)nn(-c3ccc(F)cc3)c2c1. The van der Waals surface area contributed by atoms with Crippen LogP contribution in [0.25, 0.3) is 16.6 Å². The van der Waals surface area contributed by atoms with Gasteiger partial charge in [0.1, 0.15) is 5.82 Å². The number of halogens is 1. The second-order valence-electron chi connectivity index (χ2n) is 8.13. The quantitative estimate of drug-likeness (QED) is 0.539. The Kier molecular flexibility index (Phi) is 4.44. The third-order valence-electron chi connectivity index (χ3n) is 6.04. The number of hydrogen-bond acceptors (Lipinski definition) is 2. The van der Waals surface area contributed by atoms with E-state index < -0.39 is 0 Å². The van der Waals surface area contributed by atoms with Gasteiger partial charge in [0.15, 0.2) is 0 Å². The average molecular weight is 385 g/mol. The topological polar surface area (TPSA) is 29.9 Å². The normalized spacial score (nSPS) is 19.1. The molecule has 1 N–H and O–H groups in total. The molecule has 5 rings (SSSR count). The van der Waals surface area contributed by atoms with Gasteiger partial charge in [-0.05, 0) is 67.8 Å². The van der Waals surface area contributed by atoms with Crippen LogP contribution < -0.4 is 5.32 Å². The van der Waals surface area contributed by atoms with Gasteiger partial charge < -0.3 is 5.32 Å². The molecule has 1 saturated heterocycles. The maximum absolute atomic E-state index is 13.5. The van der Waals surface area contributed by atoms with Gasteiger partial charge in [-0.15, -0.1) is 0 Å². The van der Waals surface area contributed by atoms with E-state index in [9.17, 15) is 4.39 Å². The molecule has 0 amide bonds. The van der Waals surface area contributed by atoms with Gasteiger partial charge in [0.25, 0.3) is 0 Å². The number of fused-ring (bicyclic) bond motifs is 1. The molecule has 2 heterocycles. The van der Waals surface area contributed by atoms with Crippen molar-refractivity contribution in [1.82, 2.24) is 15.1 Å². The molecule has 1 fully saturated rings. The molecule has 3 aromatic carbocycles. The van der Waals surface area contributed by atoms with Crippen LogP contribution in [0.4, 0.5) is 4.39 Å². The van der Waals surface area contributed by atoms with Gasteiger partial charge in [-0.2, -0.15) is 5.10 Å². The van der Waals surface area contributed by atoms with Crippen LogP contribution in [-0.2, 0) is 11.8 Å². The number of rotatable bonds is 4. The highest BCUT2D eigenvalue weighted by Crippen LogP contribution is 2.38. The molecule has 4 aromatic rings. The van der Waals surface area contributed by atoms with Gasteiger partial charge in [-0.1, -0.05) is 42.5 Å². The van der Waals surface area contributed by atoms with Crippen LogP contribution in [0.2, 0.25) is 0 Å².